The molecule has 8 nitrogen and oxygen atoms in total. The van der Waals surface area contributed by atoms with Gasteiger partial charge in [-0.1, -0.05) is 24.6 Å². The zero-order chi connectivity index (χ0) is 19.7. The molecule has 0 aliphatic carbocycles. The van der Waals surface area contributed by atoms with Gasteiger partial charge in [-0.2, -0.15) is 22.1 Å². The predicted octanol–water partition coefficient (Wildman–Crippen LogP) is 1.45. The minimum absolute atomic E-state index is 0.131. The molecule has 0 bridgehead atoms. The van der Waals surface area contributed by atoms with Crippen molar-refractivity contribution < 1.29 is 13.2 Å². The normalized spacial score (nSPS) is 20.4. The lowest BCUT2D eigenvalue weighted by atomic mass is 10.2. The van der Waals surface area contributed by atoms with Gasteiger partial charge in [-0.3, -0.25) is 9.48 Å². The van der Waals surface area contributed by atoms with Crippen LogP contribution < -0.4 is 0 Å². The fourth-order valence-corrected chi connectivity index (χ4v) is 5.83. The fraction of sp³-hybridized carbons (Fsp3) is 0.579. The van der Waals surface area contributed by atoms with Crippen molar-refractivity contribution in [1.82, 2.24) is 23.3 Å². The highest BCUT2D eigenvalue weighted by molar-refractivity contribution is 7.86. The first kappa shape index (κ1) is 19.4. The van der Waals surface area contributed by atoms with Crippen molar-refractivity contribution in [1.29, 1.82) is 0 Å². The summed E-state index contributed by atoms with van der Waals surface area (Å²) in [6.45, 7) is 2.90. The van der Waals surface area contributed by atoms with Crippen LogP contribution in [0.15, 0.2) is 24.3 Å². The van der Waals surface area contributed by atoms with E-state index in [-0.39, 0.29) is 5.91 Å². The average molecular weight is 406 g/mol. The molecule has 1 amide bonds. The van der Waals surface area contributed by atoms with Gasteiger partial charge in [-0.05, 0) is 25.3 Å². The van der Waals surface area contributed by atoms with Crippen LogP contribution in [0, 0.1) is 0 Å². The molecule has 0 saturated carbocycles. The van der Waals surface area contributed by atoms with E-state index in [1.165, 1.54) is 0 Å². The van der Waals surface area contributed by atoms with Gasteiger partial charge in [-0.25, -0.2) is 0 Å². The molecular weight excluding hydrogens is 378 g/mol. The molecule has 0 spiro atoms. The minimum atomic E-state index is -3.44. The Kier molecular flexibility index (Phi) is 5.39. The summed E-state index contributed by atoms with van der Waals surface area (Å²) in [6, 6.07) is 7.67. The third-order valence-corrected chi connectivity index (χ3v) is 7.71. The van der Waals surface area contributed by atoms with E-state index in [9.17, 15) is 13.2 Å². The predicted molar refractivity (Wildman–Crippen MR) is 107 cm³/mol. The molecule has 1 aromatic heterocycles. The van der Waals surface area contributed by atoms with Gasteiger partial charge in [-0.15, -0.1) is 0 Å². The van der Waals surface area contributed by atoms with Crippen molar-refractivity contribution in [2.24, 2.45) is 7.05 Å². The van der Waals surface area contributed by atoms with Gasteiger partial charge in [0.1, 0.15) is 0 Å². The van der Waals surface area contributed by atoms with Gasteiger partial charge in [0.25, 0.3) is 16.1 Å². The molecule has 2 fully saturated rings. The zero-order valence-electron chi connectivity index (χ0n) is 16.2. The second-order valence-electron chi connectivity index (χ2n) is 7.50. The van der Waals surface area contributed by atoms with Crippen LogP contribution in [0.2, 0.25) is 0 Å². The summed E-state index contributed by atoms with van der Waals surface area (Å²) in [6.07, 6.45) is 3.56. The highest BCUT2D eigenvalue weighted by atomic mass is 32.2. The van der Waals surface area contributed by atoms with Crippen molar-refractivity contribution >= 4 is 27.0 Å². The van der Waals surface area contributed by atoms with E-state index in [0.717, 1.165) is 30.2 Å². The smallest absolute Gasteiger partial charge is 0.282 e. The van der Waals surface area contributed by atoms with E-state index in [1.54, 1.807) is 18.2 Å². The van der Waals surface area contributed by atoms with Crippen molar-refractivity contribution in [3.8, 4) is 0 Å². The zero-order valence-corrected chi connectivity index (χ0v) is 17.1. The Labute approximate surface area is 165 Å². The molecule has 0 radical (unpaired) electrons. The Morgan fingerprint density at radius 3 is 2.36 bits per heavy atom. The SMILES string of the molecule is Cn1nc(C(=O)N2CCCN(S(=O)(=O)N3CCCCC3)CC2)c2ccccc21. The summed E-state index contributed by atoms with van der Waals surface area (Å²) < 4.78 is 30.8. The summed E-state index contributed by atoms with van der Waals surface area (Å²) in [4.78, 5) is 14.8. The molecule has 2 aromatic rings. The first-order chi connectivity index (χ1) is 13.5. The van der Waals surface area contributed by atoms with E-state index in [1.807, 2.05) is 31.3 Å². The Morgan fingerprint density at radius 1 is 0.893 bits per heavy atom. The Hall–Kier alpha value is -1.97. The van der Waals surface area contributed by atoms with E-state index in [2.05, 4.69) is 5.10 Å². The highest BCUT2D eigenvalue weighted by Crippen LogP contribution is 2.21. The van der Waals surface area contributed by atoms with Gasteiger partial charge < -0.3 is 4.90 Å². The largest absolute Gasteiger partial charge is 0.336 e. The monoisotopic (exact) mass is 405 g/mol. The Morgan fingerprint density at radius 2 is 1.57 bits per heavy atom. The molecule has 2 aliphatic heterocycles. The number of benzene rings is 1. The van der Waals surface area contributed by atoms with Crippen LogP contribution in [0.3, 0.4) is 0 Å². The second-order valence-corrected chi connectivity index (χ2v) is 9.43. The van der Waals surface area contributed by atoms with Crippen LogP contribution in [0.25, 0.3) is 10.9 Å². The molecule has 0 N–H and O–H groups in total. The summed E-state index contributed by atoms with van der Waals surface area (Å²) >= 11 is 0. The lowest BCUT2D eigenvalue weighted by Gasteiger charge is -2.31. The summed E-state index contributed by atoms with van der Waals surface area (Å²) in [5.74, 6) is -0.131. The maximum Gasteiger partial charge on any atom is 0.282 e. The maximum atomic E-state index is 13.1. The number of carbonyl (C=O) groups is 1. The fourth-order valence-electron chi connectivity index (χ4n) is 4.11. The highest BCUT2D eigenvalue weighted by Gasteiger charge is 2.33. The number of nitrogens with zero attached hydrogens (tertiary/aromatic N) is 5. The molecule has 9 heteroatoms. The third-order valence-electron chi connectivity index (χ3n) is 5.67. The first-order valence-corrected chi connectivity index (χ1v) is 11.3. The van der Waals surface area contributed by atoms with Crippen molar-refractivity contribution in [2.75, 3.05) is 39.3 Å². The molecule has 152 valence electrons. The van der Waals surface area contributed by atoms with Crippen LogP contribution in [0.1, 0.15) is 36.2 Å². The second kappa shape index (κ2) is 7.81. The van der Waals surface area contributed by atoms with E-state index in [4.69, 9.17) is 0 Å². The molecular formula is C19H27N5O3S. The van der Waals surface area contributed by atoms with E-state index in [0.29, 0.717) is 51.4 Å². The number of hydrogen-bond donors (Lipinski definition) is 0. The number of aryl methyl sites for hydroxylation is 1. The number of aromatic nitrogens is 2. The Bertz CT molecular complexity index is 965. The number of rotatable bonds is 3. The average Bonchev–Trinajstić information content (AvgIpc) is 2.89. The van der Waals surface area contributed by atoms with E-state index < -0.39 is 10.2 Å². The van der Waals surface area contributed by atoms with Gasteiger partial charge in [0.15, 0.2) is 5.69 Å². The van der Waals surface area contributed by atoms with Crippen LogP contribution in [-0.2, 0) is 17.3 Å². The van der Waals surface area contributed by atoms with Crippen molar-refractivity contribution in [3.63, 3.8) is 0 Å². The lowest BCUT2D eigenvalue weighted by Crippen LogP contribution is -2.47. The number of piperidine rings is 1. The minimum Gasteiger partial charge on any atom is -0.336 e. The molecule has 2 aliphatic rings. The lowest BCUT2D eigenvalue weighted by molar-refractivity contribution is 0.0759. The molecule has 28 heavy (non-hydrogen) atoms. The van der Waals surface area contributed by atoms with Gasteiger partial charge in [0.2, 0.25) is 0 Å². The van der Waals surface area contributed by atoms with Crippen LogP contribution in [-0.4, -0.2) is 76.9 Å². The summed E-state index contributed by atoms with van der Waals surface area (Å²) in [5, 5.41) is 5.25. The molecule has 2 saturated heterocycles. The van der Waals surface area contributed by atoms with Crippen molar-refractivity contribution in [2.45, 2.75) is 25.7 Å². The standard InChI is InChI=1S/C19H27N5O3S/c1-21-17-9-4-3-8-16(17)18(20-21)19(25)22-10-7-13-24(15-14-22)28(26,27)23-11-5-2-6-12-23/h3-4,8-9H,2,5-7,10-15H2,1H3. The summed E-state index contributed by atoms with van der Waals surface area (Å²) in [5.41, 5.74) is 1.35. The molecule has 0 atom stereocenters. The number of hydrogen-bond acceptors (Lipinski definition) is 4. The summed E-state index contributed by atoms with van der Waals surface area (Å²) in [7, 11) is -1.62. The number of fused-ring (bicyclic) bond motifs is 1. The number of para-hydroxylation sites is 1. The maximum absolute atomic E-state index is 13.1. The van der Waals surface area contributed by atoms with Crippen molar-refractivity contribution in [3.05, 3.63) is 30.0 Å². The van der Waals surface area contributed by atoms with Crippen LogP contribution >= 0.6 is 0 Å². The first-order valence-electron chi connectivity index (χ1n) is 9.95. The molecule has 0 unspecified atom stereocenters. The van der Waals surface area contributed by atoms with Gasteiger partial charge in [0.05, 0.1) is 5.52 Å². The van der Waals surface area contributed by atoms with Gasteiger partial charge in [0, 0.05) is 51.7 Å². The number of carbonyl (C=O) groups excluding carboxylic acids is 1. The van der Waals surface area contributed by atoms with E-state index >= 15 is 0 Å². The topological polar surface area (TPSA) is 78.8 Å². The quantitative estimate of drug-likeness (QED) is 0.774. The Balaban J connectivity index is 1.50. The number of amides is 1. The molecule has 1 aromatic carbocycles. The van der Waals surface area contributed by atoms with Crippen LogP contribution in [0.4, 0.5) is 0 Å². The molecule has 3 heterocycles. The van der Waals surface area contributed by atoms with Gasteiger partial charge >= 0.3 is 0 Å². The molecule has 4 rings (SSSR count). The third kappa shape index (κ3) is 3.54. The van der Waals surface area contributed by atoms with Crippen LogP contribution in [0.5, 0.6) is 0 Å².